The minimum absolute atomic E-state index is 0.183. The van der Waals surface area contributed by atoms with E-state index in [2.05, 4.69) is 15.4 Å². The van der Waals surface area contributed by atoms with Crippen LogP contribution in [0.15, 0.2) is 47.4 Å². The molecule has 7 heteroatoms. The Labute approximate surface area is 144 Å². The number of anilines is 1. The number of methoxy groups -OCH3 is 1. The van der Waals surface area contributed by atoms with Gasteiger partial charge in [-0.25, -0.2) is 4.68 Å². The SMILES string of the molecule is COc1ccc(-n2nc(C(=O)Nc3c[nH]c(=O)c(C)c3)cc2C)cc1. The molecule has 0 saturated heterocycles. The lowest BCUT2D eigenvalue weighted by molar-refractivity contribution is 0.102. The first kappa shape index (κ1) is 16.5. The number of aromatic nitrogens is 3. The second kappa shape index (κ2) is 6.64. The molecule has 0 bridgehead atoms. The van der Waals surface area contributed by atoms with Gasteiger partial charge >= 0.3 is 0 Å². The molecule has 0 saturated carbocycles. The molecule has 0 unspecified atom stereocenters. The van der Waals surface area contributed by atoms with Crippen LogP contribution < -0.4 is 15.6 Å². The van der Waals surface area contributed by atoms with Crippen LogP contribution >= 0.6 is 0 Å². The number of rotatable bonds is 4. The third kappa shape index (κ3) is 3.45. The third-order valence-electron chi connectivity index (χ3n) is 3.78. The highest BCUT2D eigenvalue weighted by atomic mass is 16.5. The number of hydrogen-bond donors (Lipinski definition) is 2. The average Bonchev–Trinajstić information content (AvgIpc) is 3.00. The summed E-state index contributed by atoms with van der Waals surface area (Å²) in [5.74, 6) is 0.404. The zero-order chi connectivity index (χ0) is 18.0. The molecule has 0 spiro atoms. The molecule has 2 heterocycles. The minimum Gasteiger partial charge on any atom is -0.497 e. The fraction of sp³-hybridized carbons (Fsp3) is 0.167. The lowest BCUT2D eigenvalue weighted by Gasteiger charge is -2.06. The van der Waals surface area contributed by atoms with E-state index in [9.17, 15) is 9.59 Å². The molecule has 0 aliphatic carbocycles. The maximum atomic E-state index is 12.4. The fourth-order valence-corrected chi connectivity index (χ4v) is 2.44. The van der Waals surface area contributed by atoms with Crippen LogP contribution in [0.3, 0.4) is 0 Å². The van der Waals surface area contributed by atoms with Gasteiger partial charge in [-0.2, -0.15) is 5.10 Å². The van der Waals surface area contributed by atoms with Crippen molar-refractivity contribution in [2.24, 2.45) is 0 Å². The van der Waals surface area contributed by atoms with Crippen molar-refractivity contribution >= 4 is 11.6 Å². The van der Waals surface area contributed by atoms with Gasteiger partial charge in [0.2, 0.25) is 0 Å². The lowest BCUT2D eigenvalue weighted by Crippen LogP contribution is -2.16. The number of ether oxygens (including phenoxy) is 1. The van der Waals surface area contributed by atoms with Crippen molar-refractivity contribution in [1.29, 1.82) is 0 Å². The molecule has 1 amide bonds. The van der Waals surface area contributed by atoms with E-state index in [-0.39, 0.29) is 17.2 Å². The van der Waals surface area contributed by atoms with Crippen molar-refractivity contribution in [2.45, 2.75) is 13.8 Å². The van der Waals surface area contributed by atoms with Gasteiger partial charge in [0.1, 0.15) is 5.75 Å². The summed E-state index contributed by atoms with van der Waals surface area (Å²) in [6, 6.07) is 10.7. The summed E-state index contributed by atoms with van der Waals surface area (Å²) in [4.78, 5) is 26.4. The van der Waals surface area contributed by atoms with Crippen molar-refractivity contribution < 1.29 is 9.53 Å². The molecule has 7 nitrogen and oxygen atoms in total. The number of carbonyl (C=O) groups is 1. The molecule has 25 heavy (non-hydrogen) atoms. The average molecular weight is 338 g/mol. The van der Waals surface area contributed by atoms with Crippen molar-refractivity contribution in [3.05, 3.63) is 69.9 Å². The zero-order valence-corrected chi connectivity index (χ0v) is 14.2. The highest BCUT2D eigenvalue weighted by molar-refractivity contribution is 6.02. The molecular weight excluding hydrogens is 320 g/mol. The second-order valence-corrected chi connectivity index (χ2v) is 5.64. The summed E-state index contributed by atoms with van der Waals surface area (Å²) in [5.41, 5.74) is 2.80. The maximum absolute atomic E-state index is 12.4. The van der Waals surface area contributed by atoms with E-state index in [4.69, 9.17) is 4.74 Å². The van der Waals surface area contributed by atoms with E-state index in [1.54, 1.807) is 30.8 Å². The Hall–Kier alpha value is -3.35. The van der Waals surface area contributed by atoms with Crippen LogP contribution in [0.25, 0.3) is 5.69 Å². The Morgan fingerprint density at radius 3 is 2.56 bits per heavy atom. The van der Waals surface area contributed by atoms with Gasteiger partial charge in [0.05, 0.1) is 18.5 Å². The Bertz CT molecular complexity index is 971. The number of pyridine rings is 1. The largest absolute Gasteiger partial charge is 0.497 e. The summed E-state index contributed by atoms with van der Waals surface area (Å²) < 4.78 is 6.83. The smallest absolute Gasteiger partial charge is 0.276 e. The van der Waals surface area contributed by atoms with E-state index >= 15 is 0 Å². The Kier molecular flexibility index (Phi) is 4.38. The van der Waals surface area contributed by atoms with Crippen molar-refractivity contribution in [2.75, 3.05) is 12.4 Å². The number of nitrogens with zero attached hydrogens (tertiary/aromatic N) is 2. The number of amides is 1. The molecule has 3 rings (SSSR count). The van der Waals surface area contributed by atoms with Crippen molar-refractivity contribution in [3.8, 4) is 11.4 Å². The molecule has 1 aromatic carbocycles. The summed E-state index contributed by atoms with van der Waals surface area (Å²) in [7, 11) is 1.61. The fourth-order valence-electron chi connectivity index (χ4n) is 2.44. The molecule has 0 atom stereocenters. The third-order valence-corrected chi connectivity index (χ3v) is 3.78. The molecule has 0 aliphatic heterocycles. The quantitative estimate of drug-likeness (QED) is 0.765. The van der Waals surface area contributed by atoms with Crippen LogP contribution in [0.1, 0.15) is 21.7 Å². The van der Waals surface area contributed by atoms with Crippen LogP contribution in [0.2, 0.25) is 0 Å². The summed E-state index contributed by atoms with van der Waals surface area (Å²) in [6.45, 7) is 3.55. The van der Waals surface area contributed by atoms with Gasteiger partial charge in [0.25, 0.3) is 11.5 Å². The van der Waals surface area contributed by atoms with E-state index < -0.39 is 0 Å². The number of nitrogens with one attached hydrogen (secondary N) is 2. The predicted molar refractivity (Wildman–Crippen MR) is 94.6 cm³/mol. The Morgan fingerprint density at radius 1 is 1.20 bits per heavy atom. The maximum Gasteiger partial charge on any atom is 0.276 e. The second-order valence-electron chi connectivity index (χ2n) is 5.64. The van der Waals surface area contributed by atoms with Crippen LogP contribution in [0.4, 0.5) is 5.69 Å². The standard InChI is InChI=1S/C18H18N4O3/c1-11-8-13(10-19-17(11)23)20-18(24)16-9-12(2)22(21-16)14-4-6-15(25-3)7-5-14/h4-10H,1-3H3,(H,19,23)(H,20,24). The first-order chi connectivity index (χ1) is 12.0. The van der Waals surface area contributed by atoms with Gasteiger partial charge in [-0.05, 0) is 50.2 Å². The van der Waals surface area contributed by atoms with Crippen LogP contribution in [-0.4, -0.2) is 27.8 Å². The first-order valence-corrected chi connectivity index (χ1v) is 7.69. The van der Waals surface area contributed by atoms with Crippen LogP contribution in [0, 0.1) is 13.8 Å². The van der Waals surface area contributed by atoms with Gasteiger partial charge in [-0.15, -0.1) is 0 Å². The zero-order valence-electron chi connectivity index (χ0n) is 14.2. The van der Waals surface area contributed by atoms with Crippen molar-refractivity contribution in [1.82, 2.24) is 14.8 Å². The number of carbonyl (C=O) groups excluding carboxylic acids is 1. The van der Waals surface area contributed by atoms with E-state index in [1.165, 1.54) is 6.20 Å². The Morgan fingerprint density at radius 2 is 1.92 bits per heavy atom. The molecule has 0 fully saturated rings. The molecular formula is C18H18N4O3. The van der Waals surface area contributed by atoms with Gasteiger partial charge in [-0.1, -0.05) is 0 Å². The lowest BCUT2D eigenvalue weighted by atomic mass is 10.2. The van der Waals surface area contributed by atoms with Gasteiger partial charge in [0.15, 0.2) is 5.69 Å². The van der Waals surface area contributed by atoms with E-state index in [0.29, 0.717) is 11.3 Å². The highest BCUT2D eigenvalue weighted by Gasteiger charge is 2.14. The topological polar surface area (TPSA) is 89.0 Å². The summed E-state index contributed by atoms with van der Waals surface area (Å²) in [5, 5.41) is 7.10. The molecule has 2 aromatic heterocycles. The van der Waals surface area contributed by atoms with E-state index in [0.717, 1.165) is 17.1 Å². The monoisotopic (exact) mass is 338 g/mol. The number of aryl methyl sites for hydroxylation is 2. The highest BCUT2D eigenvalue weighted by Crippen LogP contribution is 2.17. The molecule has 3 aromatic rings. The molecule has 0 radical (unpaired) electrons. The number of benzene rings is 1. The van der Waals surface area contributed by atoms with E-state index in [1.807, 2.05) is 31.2 Å². The molecule has 128 valence electrons. The van der Waals surface area contributed by atoms with Gasteiger partial charge < -0.3 is 15.0 Å². The normalized spacial score (nSPS) is 10.5. The van der Waals surface area contributed by atoms with Gasteiger partial charge in [-0.3, -0.25) is 9.59 Å². The van der Waals surface area contributed by atoms with Gasteiger partial charge in [0, 0.05) is 17.5 Å². The molecule has 0 aliphatic rings. The number of hydrogen-bond acceptors (Lipinski definition) is 4. The first-order valence-electron chi connectivity index (χ1n) is 7.69. The summed E-state index contributed by atoms with van der Waals surface area (Å²) in [6.07, 6.45) is 1.46. The predicted octanol–water partition coefficient (Wildman–Crippen LogP) is 2.44. The molecule has 2 N–H and O–H groups in total. The van der Waals surface area contributed by atoms with Crippen LogP contribution in [-0.2, 0) is 0 Å². The number of H-pyrrole nitrogens is 1. The van der Waals surface area contributed by atoms with Crippen molar-refractivity contribution in [3.63, 3.8) is 0 Å². The van der Waals surface area contributed by atoms with Crippen LogP contribution in [0.5, 0.6) is 5.75 Å². The number of aromatic amines is 1. The summed E-state index contributed by atoms with van der Waals surface area (Å²) >= 11 is 0. The minimum atomic E-state index is -0.346. The Balaban J connectivity index is 1.84.